The molecule has 42 heavy (non-hydrogen) atoms. The lowest BCUT2D eigenvalue weighted by molar-refractivity contribution is 0.0698. The first kappa shape index (κ1) is 26.7. The number of aryl methyl sites for hydroxylation is 1. The van der Waals surface area contributed by atoms with E-state index in [1.807, 2.05) is 54.6 Å². The zero-order valence-electron chi connectivity index (χ0n) is 24.3. The highest BCUT2D eigenvalue weighted by atomic mass is 16.2. The van der Waals surface area contributed by atoms with Crippen molar-refractivity contribution in [3.05, 3.63) is 113 Å². The van der Waals surface area contributed by atoms with Crippen molar-refractivity contribution in [1.82, 2.24) is 14.4 Å². The van der Waals surface area contributed by atoms with Gasteiger partial charge in [-0.25, -0.2) is 0 Å². The zero-order chi connectivity index (χ0) is 28.6. The Hall–Kier alpha value is -4.16. The van der Waals surface area contributed by atoms with Crippen molar-refractivity contribution in [1.29, 1.82) is 0 Å². The smallest absolute Gasteiger partial charge is 0.270 e. The fraction of sp³-hybridized carbons (Fsp3) is 0.333. The second-order valence-corrected chi connectivity index (χ2v) is 12.0. The third kappa shape index (κ3) is 4.94. The molecule has 0 bridgehead atoms. The van der Waals surface area contributed by atoms with E-state index in [2.05, 4.69) is 50.9 Å². The van der Waals surface area contributed by atoms with Gasteiger partial charge < -0.3 is 19.7 Å². The Balaban J connectivity index is 1.24. The van der Waals surface area contributed by atoms with Gasteiger partial charge in [0.2, 0.25) is 0 Å². The third-order valence-electron chi connectivity index (χ3n) is 9.37. The van der Waals surface area contributed by atoms with Crippen LogP contribution in [0.1, 0.15) is 68.9 Å². The predicted molar refractivity (Wildman–Crippen MR) is 167 cm³/mol. The van der Waals surface area contributed by atoms with Gasteiger partial charge in [0.25, 0.3) is 5.91 Å². The van der Waals surface area contributed by atoms with Crippen molar-refractivity contribution in [3.63, 3.8) is 0 Å². The van der Waals surface area contributed by atoms with Gasteiger partial charge in [-0.2, -0.15) is 0 Å². The second-order valence-electron chi connectivity index (χ2n) is 12.0. The standard InChI is InChI=1S/C36H38N4O2/c1-25-9-2-4-12-30(25)26-14-16-27(17-15-26)35(41)31-21-33(40-23-28-10-3-5-13-32(28)37-22-34(31)40)36(42)39-20-8-11-29(39)24-38-18-6-7-19-38/h2-5,9-10,12-17,21,29,37H,6-8,11,18-20,22-24H2,1H3/t29-/m0/s1. The molecule has 0 radical (unpaired) electrons. The van der Waals surface area contributed by atoms with E-state index in [9.17, 15) is 9.59 Å². The van der Waals surface area contributed by atoms with Crippen molar-refractivity contribution in [2.75, 3.05) is 31.5 Å². The van der Waals surface area contributed by atoms with Gasteiger partial charge >= 0.3 is 0 Å². The van der Waals surface area contributed by atoms with Crippen LogP contribution in [-0.2, 0) is 13.1 Å². The molecular weight excluding hydrogens is 520 g/mol. The number of para-hydroxylation sites is 1. The van der Waals surface area contributed by atoms with Crippen molar-refractivity contribution in [2.24, 2.45) is 0 Å². The van der Waals surface area contributed by atoms with Crippen LogP contribution in [-0.4, -0.2) is 58.3 Å². The molecule has 7 rings (SSSR count). The fourth-order valence-corrected chi connectivity index (χ4v) is 7.07. The highest BCUT2D eigenvalue weighted by Gasteiger charge is 2.35. The Labute approximate surface area is 248 Å². The molecule has 214 valence electrons. The molecule has 0 spiro atoms. The third-order valence-corrected chi connectivity index (χ3v) is 9.37. The summed E-state index contributed by atoms with van der Waals surface area (Å²) in [5, 5.41) is 3.54. The Morgan fingerprint density at radius 1 is 0.881 bits per heavy atom. The van der Waals surface area contributed by atoms with Crippen LogP contribution >= 0.6 is 0 Å². The van der Waals surface area contributed by atoms with Crippen LogP contribution in [0.4, 0.5) is 5.69 Å². The molecule has 6 heteroatoms. The molecule has 6 nitrogen and oxygen atoms in total. The maximum atomic E-state index is 14.3. The summed E-state index contributed by atoms with van der Waals surface area (Å²) in [5.41, 5.74) is 8.37. The first-order valence-electron chi connectivity index (χ1n) is 15.3. The molecule has 3 aliphatic heterocycles. The number of carbonyl (C=O) groups is 2. The number of carbonyl (C=O) groups excluding carboxylic acids is 2. The number of benzene rings is 3. The molecule has 3 aliphatic rings. The van der Waals surface area contributed by atoms with Crippen molar-refractivity contribution in [3.8, 4) is 11.1 Å². The molecule has 0 saturated carbocycles. The average molecular weight is 559 g/mol. The minimum Gasteiger partial charge on any atom is -0.379 e. The van der Waals surface area contributed by atoms with E-state index in [0.717, 1.165) is 67.1 Å². The van der Waals surface area contributed by atoms with Crippen LogP contribution in [0.25, 0.3) is 11.1 Å². The van der Waals surface area contributed by atoms with Crippen molar-refractivity contribution < 1.29 is 9.59 Å². The number of fused-ring (bicyclic) bond motifs is 2. The van der Waals surface area contributed by atoms with Crippen molar-refractivity contribution in [2.45, 2.75) is 51.7 Å². The molecule has 0 aliphatic carbocycles. The van der Waals surface area contributed by atoms with Gasteiger partial charge in [0, 0.05) is 41.6 Å². The molecule has 1 aromatic heterocycles. The Morgan fingerprint density at radius 2 is 1.64 bits per heavy atom. The molecule has 1 N–H and O–H groups in total. The van der Waals surface area contributed by atoms with Gasteiger partial charge in [-0.1, -0.05) is 66.7 Å². The minimum absolute atomic E-state index is 0.0445. The van der Waals surface area contributed by atoms with E-state index in [-0.39, 0.29) is 17.7 Å². The summed E-state index contributed by atoms with van der Waals surface area (Å²) in [4.78, 5) is 33.0. The average Bonchev–Trinajstić information content (AvgIpc) is 3.76. The normalized spacial score (nSPS) is 18.3. The quantitative estimate of drug-likeness (QED) is 0.280. The molecule has 4 heterocycles. The molecule has 2 saturated heterocycles. The van der Waals surface area contributed by atoms with Gasteiger partial charge in [0.1, 0.15) is 5.69 Å². The number of anilines is 1. The summed E-state index contributed by atoms with van der Waals surface area (Å²) >= 11 is 0. The van der Waals surface area contributed by atoms with Gasteiger partial charge in [-0.3, -0.25) is 9.59 Å². The molecular formula is C36H38N4O2. The minimum atomic E-state index is -0.0445. The SMILES string of the molecule is Cc1ccccc1-c1ccc(C(=O)c2cc(C(=O)N3CCC[C@H]3CN3CCCC3)n3c2CNc2ccccc2C3)cc1. The highest BCUT2D eigenvalue weighted by molar-refractivity contribution is 6.11. The van der Waals surface area contributed by atoms with E-state index in [4.69, 9.17) is 0 Å². The molecule has 3 aromatic carbocycles. The van der Waals surface area contributed by atoms with E-state index >= 15 is 0 Å². The highest BCUT2D eigenvalue weighted by Crippen LogP contribution is 2.31. The zero-order valence-corrected chi connectivity index (χ0v) is 24.3. The Bertz CT molecular complexity index is 1630. The van der Waals surface area contributed by atoms with Gasteiger partial charge in [-0.15, -0.1) is 0 Å². The lowest BCUT2D eigenvalue weighted by Crippen LogP contribution is -2.43. The maximum Gasteiger partial charge on any atom is 0.270 e. The van der Waals surface area contributed by atoms with Crippen LogP contribution in [0.5, 0.6) is 0 Å². The molecule has 1 atom stereocenters. The summed E-state index contributed by atoms with van der Waals surface area (Å²) in [7, 11) is 0. The number of nitrogens with zero attached hydrogens (tertiary/aromatic N) is 3. The largest absolute Gasteiger partial charge is 0.379 e. The number of ketones is 1. The van der Waals surface area contributed by atoms with Crippen LogP contribution in [0.2, 0.25) is 0 Å². The number of hydrogen-bond acceptors (Lipinski definition) is 4. The molecule has 2 fully saturated rings. The molecule has 0 unspecified atom stereocenters. The summed E-state index contributed by atoms with van der Waals surface area (Å²) in [5.74, 6) is 0.00297. The lowest BCUT2D eigenvalue weighted by atomic mass is 9.97. The van der Waals surface area contributed by atoms with E-state index in [0.29, 0.717) is 29.9 Å². The number of rotatable bonds is 6. The number of likely N-dealkylation sites (tertiary alicyclic amines) is 2. The lowest BCUT2D eigenvalue weighted by Gasteiger charge is -2.29. The van der Waals surface area contributed by atoms with E-state index < -0.39 is 0 Å². The number of nitrogens with one attached hydrogen (secondary N) is 1. The maximum absolute atomic E-state index is 14.3. The first-order chi connectivity index (χ1) is 20.6. The topological polar surface area (TPSA) is 57.6 Å². The van der Waals surface area contributed by atoms with E-state index in [1.165, 1.54) is 18.4 Å². The summed E-state index contributed by atoms with van der Waals surface area (Å²) in [6.45, 7) is 7.13. The van der Waals surface area contributed by atoms with Crippen LogP contribution < -0.4 is 5.32 Å². The first-order valence-corrected chi connectivity index (χ1v) is 15.3. The Kier molecular flexibility index (Phi) is 7.16. The van der Waals surface area contributed by atoms with Crippen LogP contribution in [0.15, 0.2) is 78.9 Å². The monoisotopic (exact) mass is 558 g/mol. The van der Waals surface area contributed by atoms with Gasteiger partial charge in [0.05, 0.1) is 13.1 Å². The number of hydrogen-bond donors (Lipinski definition) is 1. The summed E-state index contributed by atoms with van der Waals surface area (Å²) in [6.07, 6.45) is 4.56. The van der Waals surface area contributed by atoms with E-state index in [1.54, 1.807) is 0 Å². The van der Waals surface area contributed by atoms with Crippen LogP contribution in [0.3, 0.4) is 0 Å². The summed E-state index contributed by atoms with van der Waals surface area (Å²) < 4.78 is 2.10. The molecule has 4 aromatic rings. The fourth-order valence-electron chi connectivity index (χ4n) is 7.07. The molecule has 1 amide bonds. The Morgan fingerprint density at radius 3 is 2.45 bits per heavy atom. The predicted octanol–water partition coefficient (Wildman–Crippen LogP) is 6.37. The number of aromatic nitrogens is 1. The van der Waals surface area contributed by atoms with Gasteiger partial charge in [0.15, 0.2) is 5.78 Å². The second kappa shape index (κ2) is 11.3. The summed E-state index contributed by atoms with van der Waals surface area (Å²) in [6, 6.07) is 26.5. The van der Waals surface area contributed by atoms with Crippen molar-refractivity contribution >= 4 is 17.4 Å². The van der Waals surface area contributed by atoms with Gasteiger partial charge in [-0.05, 0) is 80.1 Å². The van der Waals surface area contributed by atoms with Crippen LogP contribution in [0, 0.1) is 6.92 Å². The number of amides is 1.